The molecule has 0 bridgehead atoms. The number of aryl methyl sites for hydroxylation is 1. The Balaban J connectivity index is 1.81. The normalized spacial score (nSPS) is 12.2. The molecule has 2 N–H and O–H groups in total. The molecule has 1 aromatic carbocycles. The van der Waals surface area contributed by atoms with Crippen molar-refractivity contribution in [2.45, 2.75) is 19.6 Å². The third-order valence-electron chi connectivity index (χ3n) is 4.00. The van der Waals surface area contributed by atoms with E-state index in [0.717, 1.165) is 12.2 Å². The maximum absolute atomic E-state index is 10.6. The van der Waals surface area contributed by atoms with Crippen LogP contribution in [-0.4, -0.2) is 45.4 Å². The van der Waals surface area contributed by atoms with E-state index in [4.69, 9.17) is 9.47 Å². The number of benzene rings is 1. The lowest BCUT2D eigenvalue weighted by Crippen LogP contribution is -2.14. The van der Waals surface area contributed by atoms with Gasteiger partial charge in [0, 0.05) is 18.7 Å². The maximum Gasteiger partial charge on any atom is 0.165 e. The van der Waals surface area contributed by atoms with E-state index in [1.807, 2.05) is 11.5 Å². The molecule has 2 heterocycles. The quantitative estimate of drug-likeness (QED) is 0.677. The van der Waals surface area contributed by atoms with Crippen molar-refractivity contribution in [2.75, 3.05) is 26.1 Å². The Morgan fingerprint density at radius 2 is 2.04 bits per heavy atom. The van der Waals surface area contributed by atoms with Gasteiger partial charge in [0.25, 0.3) is 0 Å². The first-order valence-corrected chi connectivity index (χ1v) is 7.97. The van der Waals surface area contributed by atoms with E-state index in [2.05, 4.69) is 20.3 Å². The van der Waals surface area contributed by atoms with Crippen molar-refractivity contribution in [1.29, 1.82) is 0 Å². The summed E-state index contributed by atoms with van der Waals surface area (Å²) in [5.74, 6) is 1.83. The SMILES string of the molecule is CCn1cnc2c(NCC(O)c3cc(OC)ccc3OC)ncnc21. The van der Waals surface area contributed by atoms with Gasteiger partial charge in [0.1, 0.15) is 23.3 Å². The van der Waals surface area contributed by atoms with Gasteiger partial charge in [-0.25, -0.2) is 15.0 Å². The lowest BCUT2D eigenvalue weighted by atomic mass is 10.1. The first-order valence-electron chi connectivity index (χ1n) is 7.97. The van der Waals surface area contributed by atoms with Crippen LogP contribution in [0, 0.1) is 0 Å². The number of methoxy groups -OCH3 is 2. The number of nitrogens with one attached hydrogen (secondary N) is 1. The molecule has 3 rings (SSSR count). The van der Waals surface area contributed by atoms with Gasteiger partial charge in [-0.3, -0.25) is 0 Å². The largest absolute Gasteiger partial charge is 0.497 e. The molecular formula is C17H21N5O3. The van der Waals surface area contributed by atoms with Gasteiger partial charge in [-0.2, -0.15) is 0 Å². The third-order valence-corrected chi connectivity index (χ3v) is 4.00. The number of hydrogen-bond donors (Lipinski definition) is 2. The summed E-state index contributed by atoms with van der Waals surface area (Å²) >= 11 is 0. The molecule has 0 fully saturated rings. The number of anilines is 1. The molecule has 3 aromatic rings. The molecule has 0 amide bonds. The van der Waals surface area contributed by atoms with E-state index < -0.39 is 6.10 Å². The molecule has 8 nitrogen and oxygen atoms in total. The third kappa shape index (κ3) is 3.34. The van der Waals surface area contributed by atoms with E-state index in [0.29, 0.717) is 28.4 Å². The van der Waals surface area contributed by atoms with Gasteiger partial charge in [-0.15, -0.1) is 0 Å². The van der Waals surface area contributed by atoms with E-state index in [9.17, 15) is 5.11 Å². The van der Waals surface area contributed by atoms with Gasteiger partial charge in [-0.1, -0.05) is 0 Å². The van der Waals surface area contributed by atoms with Crippen LogP contribution >= 0.6 is 0 Å². The van der Waals surface area contributed by atoms with Crippen molar-refractivity contribution in [1.82, 2.24) is 19.5 Å². The molecule has 0 radical (unpaired) electrons. The van der Waals surface area contributed by atoms with Gasteiger partial charge >= 0.3 is 0 Å². The molecule has 2 aromatic heterocycles. The number of fused-ring (bicyclic) bond motifs is 1. The molecule has 1 unspecified atom stereocenters. The molecule has 25 heavy (non-hydrogen) atoms. The highest BCUT2D eigenvalue weighted by Gasteiger charge is 2.16. The van der Waals surface area contributed by atoms with Crippen LogP contribution in [0.25, 0.3) is 11.2 Å². The van der Waals surface area contributed by atoms with Crippen LogP contribution in [0.1, 0.15) is 18.6 Å². The fourth-order valence-electron chi connectivity index (χ4n) is 2.64. The van der Waals surface area contributed by atoms with Crippen molar-refractivity contribution < 1.29 is 14.6 Å². The van der Waals surface area contributed by atoms with Crippen LogP contribution < -0.4 is 14.8 Å². The number of imidazole rings is 1. The van der Waals surface area contributed by atoms with Gasteiger partial charge in [-0.05, 0) is 25.1 Å². The van der Waals surface area contributed by atoms with Crippen LogP contribution in [0.3, 0.4) is 0 Å². The van der Waals surface area contributed by atoms with E-state index in [1.165, 1.54) is 6.33 Å². The Morgan fingerprint density at radius 3 is 2.76 bits per heavy atom. The predicted molar refractivity (Wildman–Crippen MR) is 94.0 cm³/mol. The second kappa shape index (κ2) is 7.35. The summed E-state index contributed by atoms with van der Waals surface area (Å²) in [6.45, 7) is 3.04. The van der Waals surface area contributed by atoms with E-state index >= 15 is 0 Å². The standard InChI is InChI=1S/C17H21N5O3/c1-4-22-10-21-15-16(19-9-20-17(15)22)18-8-13(23)12-7-11(24-2)5-6-14(12)25-3/h5-7,9-10,13,23H,4,8H2,1-3H3,(H,18,19,20). The van der Waals surface area contributed by atoms with Gasteiger partial charge in [0.15, 0.2) is 11.5 Å². The Hall–Kier alpha value is -2.87. The summed E-state index contributed by atoms with van der Waals surface area (Å²) < 4.78 is 12.5. The lowest BCUT2D eigenvalue weighted by Gasteiger charge is -2.17. The van der Waals surface area contributed by atoms with Crippen LogP contribution in [0.5, 0.6) is 11.5 Å². The summed E-state index contributed by atoms with van der Waals surface area (Å²) in [5.41, 5.74) is 2.07. The number of nitrogens with zero attached hydrogens (tertiary/aromatic N) is 4. The molecule has 0 saturated carbocycles. The highest BCUT2D eigenvalue weighted by molar-refractivity contribution is 5.82. The zero-order valence-corrected chi connectivity index (χ0v) is 14.4. The van der Waals surface area contributed by atoms with Crippen molar-refractivity contribution in [3.8, 4) is 11.5 Å². The average Bonchev–Trinajstić information content (AvgIpc) is 3.09. The molecule has 0 aliphatic heterocycles. The Labute approximate surface area is 145 Å². The van der Waals surface area contributed by atoms with E-state index in [1.54, 1.807) is 38.7 Å². The first kappa shape index (κ1) is 17.0. The summed E-state index contributed by atoms with van der Waals surface area (Å²) in [6.07, 6.45) is 2.41. The molecule has 1 atom stereocenters. The number of ether oxygens (including phenoxy) is 2. The van der Waals surface area contributed by atoms with Crippen LogP contribution in [0.2, 0.25) is 0 Å². The molecule has 132 valence electrons. The molecule has 0 saturated heterocycles. The zero-order chi connectivity index (χ0) is 17.8. The van der Waals surface area contributed by atoms with Crippen LogP contribution in [-0.2, 0) is 6.54 Å². The van der Waals surface area contributed by atoms with Gasteiger partial charge in [0.2, 0.25) is 0 Å². The minimum absolute atomic E-state index is 0.245. The number of rotatable bonds is 7. The summed E-state index contributed by atoms with van der Waals surface area (Å²) in [5, 5.41) is 13.7. The lowest BCUT2D eigenvalue weighted by molar-refractivity contribution is 0.186. The topological polar surface area (TPSA) is 94.3 Å². The predicted octanol–water partition coefficient (Wildman–Crippen LogP) is 2.01. The monoisotopic (exact) mass is 343 g/mol. The Morgan fingerprint density at radius 1 is 1.20 bits per heavy atom. The second-order valence-electron chi connectivity index (χ2n) is 5.43. The molecule has 8 heteroatoms. The van der Waals surface area contributed by atoms with Crippen LogP contribution in [0.15, 0.2) is 30.9 Å². The van der Waals surface area contributed by atoms with Crippen molar-refractivity contribution in [3.63, 3.8) is 0 Å². The fraction of sp³-hybridized carbons (Fsp3) is 0.353. The first-order chi connectivity index (χ1) is 12.2. The molecular weight excluding hydrogens is 322 g/mol. The average molecular weight is 343 g/mol. The number of aliphatic hydroxyl groups is 1. The summed E-state index contributed by atoms with van der Waals surface area (Å²) in [4.78, 5) is 12.8. The fourth-order valence-corrected chi connectivity index (χ4v) is 2.64. The van der Waals surface area contributed by atoms with Gasteiger partial charge < -0.3 is 24.5 Å². The summed E-state index contributed by atoms with van der Waals surface area (Å²) in [6, 6.07) is 5.31. The molecule has 0 aliphatic rings. The molecule has 0 spiro atoms. The minimum Gasteiger partial charge on any atom is -0.497 e. The Bertz CT molecular complexity index is 865. The maximum atomic E-state index is 10.6. The highest BCUT2D eigenvalue weighted by atomic mass is 16.5. The number of aliphatic hydroxyl groups excluding tert-OH is 1. The van der Waals surface area contributed by atoms with Gasteiger partial charge in [0.05, 0.1) is 26.7 Å². The highest BCUT2D eigenvalue weighted by Crippen LogP contribution is 2.29. The number of aromatic nitrogens is 4. The van der Waals surface area contributed by atoms with E-state index in [-0.39, 0.29) is 6.54 Å². The van der Waals surface area contributed by atoms with Crippen molar-refractivity contribution in [3.05, 3.63) is 36.4 Å². The molecule has 0 aliphatic carbocycles. The summed E-state index contributed by atoms with van der Waals surface area (Å²) in [7, 11) is 3.15. The van der Waals surface area contributed by atoms with Crippen LogP contribution in [0.4, 0.5) is 5.82 Å². The zero-order valence-electron chi connectivity index (χ0n) is 14.4. The minimum atomic E-state index is -0.802. The van der Waals surface area contributed by atoms with Crippen molar-refractivity contribution in [2.24, 2.45) is 0 Å². The van der Waals surface area contributed by atoms with Crippen molar-refractivity contribution >= 4 is 17.0 Å². The second-order valence-corrected chi connectivity index (χ2v) is 5.43. The smallest absolute Gasteiger partial charge is 0.165 e. The Kier molecular flexibility index (Phi) is 4.99. The number of hydrogen-bond acceptors (Lipinski definition) is 7.